The maximum Gasteiger partial charge on any atom is 0.411 e. The van der Waals surface area contributed by atoms with E-state index < -0.39 is 6.09 Å². The number of imidazole rings is 1. The fraction of sp³-hybridized carbons (Fsp3) is 0.371. The quantitative estimate of drug-likeness (QED) is 0.246. The van der Waals surface area contributed by atoms with Gasteiger partial charge in [-0.05, 0) is 85.2 Å². The Kier molecular flexibility index (Phi) is 7.55. The van der Waals surface area contributed by atoms with Crippen molar-refractivity contribution in [2.45, 2.75) is 49.5 Å². The average Bonchev–Trinajstić information content (AvgIpc) is 3.41. The summed E-state index contributed by atoms with van der Waals surface area (Å²) in [5, 5.41) is 3.37. The lowest BCUT2D eigenvalue weighted by Crippen LogP contribution is -2.41. The Bertz CT molecular complexity index is 2120. The molecule has 3 aromatic heterocycles. The molecule has 3 aliphatic rings. The number of rotatable bonds is 8. The molecule has 3 fully saturated rings. The lowest BCUT2D eigenvalue weighted by molar-refractivity contribution is 0.0700. The van der Waals surface area contributed by atoms with E-state index in [2.05, 4.69) is 50.1 Å². The van der Waals surface area contributed by atoms with Crippen LogP contribution in [0.1, 0.15) is 36.0 Å². The molecule has 1 saturated heterocycles. The minimum atomic E-state index is -0.511. The number of nitrogens with one attached hydrogen (secondary N) is 1. The predicted molar refractivity (Wildman–Crippen MR) is 198 cm³/mol. The number of nitrogens with zero attached hydrogens (tertiary/aromatic N) is 5. The molecule has 3 atom stereocenters. The van der Waals surface area contributed by atoms with Gasteiger partial charge >= 0.3 is 6.09 Å². The number of likely N-dealkylation sites (tertiary alicyclic amines) is 1. The van der Waals surface area contributed by atoms with Crippen LogP contribution in [-0.2, 0) is 16.5 Å². The molecule has 2 bridgehead atoms. The van der Waals surface area contributed by atoms with Gasteiger partial charge in [-0.2, -0.15) is 0 Å². The average molecular weight is 655 g/mol. The summed E-state index contributed by atoms with van der Waals surface area (Å²) in [4.78, 5) is 38.0. The molecule has 14 heteroatoms. The van der Waals surface area contributed by atoms with Crippen molar-refractivity contribution >= 4 is 63.3 Å². The van der Waals surface area contributed by atoms with Crippen LogP contribution in [-0.4, -0.2) is 92.4 Å². The first-order valence-corrected chi connectivity index (χ1v) is 17.2. The van der Waals surface area contributed by atoms with E-state index >= 15 is 0 Å². The van der Waals surface area contributed by atoms with E-state index in [0.29, 0.717) is 35.4 Å². The van der Waals surface area contributed by atoms with E-state index in [4.69, 9.17) is 25.2 Å². The third kappa shape index (κ3) is 5.46. The first-order chi connectivity index (χ1) is 23.5. The first-order valence-electron chi connectivity index (χ1n) is 17.2. The molecular weight excluding hydrogens is 615 g/mol. The summed E-state index contributed by atoms with van der Waals surface area (Å²) in [6.07, 6.45) is 3.90. The zero-order valence-electron chi connectivity index (χ0n) is 28.7. The number of hydrogen-bond acceptors (Lipinski definition) is 7. The summed E-state index contributed by atoms with van der Waals surface area (Å²) in [5.41, 5.74) is 12.9. The highest BCUT2D eigenvalue weighted by molar-refractivity contribution is 6.57. The van der Waals surface area contributed by atoms with Crippen LogP contribution >= 0.6 is 0 Å². The molecular formula is C35H40B3N7O4. The van der Waals surface area contributed by atoms with Gasteiger partial charge in [0.25, 0.3) is 5.91 Å². The van der Waals surface area contributed by atoms with Crippen molar-refractivity contribution in [3.63, 3.8) is 0 Å². The summed E-state index contributed by atoms with van der Waals surface area (Å²) >= 11 is 0. The van der Waals surface area contributed by atoms with Crippen molar-refractivity contribution < 1.29 is 19.1 Å². The Morgan fingerprint density at radius 3 is 2.41 bits per heavy atom. The van der Waals surface area contributed by atoms with Gasteiger partial charge in [-0.1, -0.05) is 12.1 Å². The SMILES string of the molecule is BC(B)(B)n1c(-c2cc3ccc(-c4ccc(NC(=O)OC)cc4)nc3n2CC2CC2)nc2cc(C(=O)N3CC4CCC3C4N)cc(OC)c21. The molecule has 2 saturated carbocycles. The Hall–Kier alpha value is -4.71. The second-order valence-electron chi connectivity index (χ2n) is 14.8. The molecule has 0 spiro atoms. The van der Waals surface area contributed by atoms with Crippen LogP contribution in [0.3, 0.4) is 0 Å². The molecule has 1 aliphatic heterocycles. The van der Waals surface area contributed by atoms with Crippen molar-refractivity contribution in [3.8, 4) is 28.5 Å². The molecule has 4 heterocycles. The lowest BCUT2D eigenvalue weighted by Gasteiger charge is -2.28. The molecule has 11 nitrogen and oxygen atoms in total. The summed E-state index contributed by atoms with van der Waals surface area (Å²) < 4.78 is 15.3. The van der Waals surface area contributed by atoms with Gasteiger partial charge in [-0.3, -0.25) is 10.1 Å². The van der Waals surface area contributed by atoms with Gasteiger partial charge in [0.15, 0.2) is 5.82 Å². The number of nitrogens with two attached hydrogens (primary N) is 1. The number of carbonyl (C=O) groups excluding carboxylic acids is 2. The van der Waals surface area contributed by atoms with E-state index in [1.807, 2.05) is 47.4 Å². The van der Waals surface area contributed by atoms with Crippen LogP contribution in [0.15, 0.2) is 54.6 Å². The molecule has 3 N–H and O–H groups in total. The van der Waals surface area contributed by atoms with E-state index in [1.54, 1.807) is 7.11 Å². The van der Waals surface area contributed by atoms with Gasteiger partial charge in [0.2, 0.25) is 0 Å². The Morgan fingerprint density at radius 1 is 1.00 bits per heavy atom. The van der Waals surface area contributed by atoms with Gasteiger partial charge in [0.05, 0.1) is 31.1 Å². The topological polar surface area (TPSA) is 130 Å². The van der Waals surface area contributed by atoms with Crippen LogP contribution in [0.25, 0.3) is 44.8 Å². The highest BCUT2D eigenvalue weighted by Gasteiger charge is 2.47. The fourth-order valence-electron chi connectivity index (χ4n) is 7.84. The van der Waals surface area contributed by atoms with Crippen LogP contribution in [0.2, 0.25) is 0 Å². The minimum absolute atomic E-state index is 0.0107. The zero-order chi connectivity index (χ0) is 34.2. The number of methoxy groups -OCH3 is 2. The van der Waals surface area contributed by atoms with E-state index in [1.165, 1.54) is 20.0 Å². The number of carbonyl (C=O) groups is 2. The van der Waals surface area contributed by atoms with Crippen LogP contribution < -0.4 is 15.8 Å². The number of amides is 2. The van der Waals surface area contributed by atoms with Crippen molar-refractivity contribution in [2.24, 2.45) is 17.6 Å². The predicted octanol–water partition coefficient (Wildman–Crippen LogP) is 2.35. The number of aromatic nitrogens is 4. The van der Waals surface area contributed by atoms with Gasteiger partial charge < -0.3 is 29.2 Å². The molecule has 3 unspecified atom stereocenters. The standard InChI is InChI=1S/C35H40B3N7O4/c1-48-28-15-22(33(46)44-17-21-8-12-26(44)29(21)39)13-25-30(28)45(35(36,37)38)32(42-25)27-14-20-7-11-24(41-31(20)43(27)16-18-3-4-18)19-5-9-23(10-6-19)40-34(47)49-2/h5-7,9-11,13-15,18,21,26,29H,3-4,8,12,16-17,36-39H2,1-2H3,(H,40,47). The number of piperidine rings is 1. The normalized spacial score (nSPS) is 20.3. The summed E-state index contributed by atoms with van der Waals surface area (Å²) in [5.74, 6) is 2.38. The maximum absolute atomic E-state index is 13.9. The number of pyridine rings is 1. The first kappa shape index (κ1) is 31.6. The van der Waals surface area contributed by atoms with Crippen molar-refractivity contribution in [1.82, 2.24) is 24.0 Å². The van der Waals surface area contributed by atoms with Crippen LogP contribution in [0.4, 0.5) is 10.5 Å². The molecule has 2 aromatic carbocycles. The number of ether oxygens (including phenoxy) is 2. The third-order valence-electron chi connectivity index (χ3n) is 10.5. The van der Waals surface area contributed by atoms with E-state index in [9.17, 15) is 9.59 Å². The highest BCUT2D eigenvalue weighted by atomic mass is 16.5. The van der Waals surface area contributed by atoms with Crippen molar-refractivity contribution in [3.05, 3.63) is 60.2 Å². The van der Waals surface area contributed by atoms with Crippen LogP contribution in [0, 0.1) is 11.8 Å². The maximum atomic E-state index is 13.9. The molecule has 2 aliphatic carbocycles. The molecule has 248 valence electrons. The zero-order valence-corrected chi connectivity index (χ0v) is 28.7. The van der Waals surface area contributed by atoms with Gasteiger partial charge in [-0.25, -0.2) is 14.8 Å². The van der Waals surface area contributed by atoms with Crippen molar-refractivity contribution in [2.75, 3.05) is 26.1 Å². The van der Waals surface area contributed by atoms with Gasteiger partial charge in [0.1, 0.15) is 40.5 Å². The molecule has 5 aromatic rings. The van der Waals surface area contributed by atoms with E-state index in [-0.39, 0.29) is 23.2 Å². The molecule has 8 rings (SSSR count). The number of fused-ring (bicyclic) bond motifs is 4. The molecule has 0 radical (unpaired) electrons. The molecule has 2 amide bonds. The second-order valence-corrected chi connectivity index (χ2v) is 14.8. The number of anilines is 1. The van der Waals surface area contributed by atoms with E-state index in [0.717, 1.165) is 64.2 Å². The van der Waals surface area contributed by atoms with Crippen LogP contribution in [0.5, 0.6) is 5.75 Å². The highest BCUT2D eigenvalue weighted by Crippen LogP contribution is 2.41. The van der Waals surface area contributed by atoms with Gasteiger partial charge in [0, 0.05) is 47.4 Å². The van der Waals surface area contributed by atoms with Crippen molar-refractivity contribution in [1.29, 1.82) is 0 Å². The largest absolute Gasteiger partial charge is 0.494 e. The third-order valence-corrected chi connectivity index (χ3v) is 10.5. The monoisotopic (exact) mass is 655 g/mol. The summed E-state index contributed by atoms with van der Waals surface area (Å²) in [6.45, 7) is 1.54. The second kappa shape index (κ2) is 11.7. The Balaban J connectivity index is 1.25. The Labute approximate surface area is 287 Å². The number of benzene rings is 2. The van der Waals surface area contributed by atoms with Gasteiger partial charge in [-0.15, -0.1) is 0 Å². The Morgan fingerprint density at radius 2 is 1.78 bits per heavy atom. The minimum Gasteiger partial charge on any atom is -0.494 e. The molecule has 49 heavy (non-hydrogen) atoms. The lowest BCUT2D eigenvalue weighted by atomic mass is 9.49. The fourth-order valence-corrected chi connectivity index (χ4v) is 7.84. The summed E-state index contributed by atoms with van der Waals surface area (Å²) in [7, 11) is 9.50. The smallest absolute Gasteiger partial charge is 0.411 e. The number of hydrogen-bond donors (Lipinski definition) is 2. The summed E-state index contributed by atoms with van der Waals surface area (Å²) in [6, 6.07) is 17.8.